The highest BCUT2D eigenvalue weighted by atomic mass is 16.2. The summed E-state index contributed by atoms with van der Waals surface area (Å²) in [5, 5.41) is 3.10. The Morgan fingerprint density at radius 3 is 2.47 bits per heavy atom. The molecule has 0 radical (unpaired) electrons. The summed E-state index contributed by atoms with van der Waals surface area (Å²) in [7, 11) is 4.23. The van der Waals surface area contributed by atoms with Crippen LogP contribution < -0.4 is 5.32 Å². The number of likely N-dealkylation sites (N-methyl/N-ethyl adjacent to an activating group) is 1. The molecule has 2 fully saturated rings. The van der Waals surface area contributed by atoms with Gasteiger partial charge >= 0.3 is 0 Å². The lowest BCUT2D eigenvalue weighted by molar-refractivity contribution is -0.125. The van der Waals surface area contributed by atoms with E-state index in [0.29, 0.717) is 6.04 Å². The van der Waals surface area contributed by atoms with Crippen molar-refractivity contribution in [3.63, 3.8) is 0 Å². The first-order chi connectivity index (χ1) is 8.18. The van der Waals surface area contributed by atoms with E-state index in [-0.39, 0.29) is 11.9 Å². The van der Waals surface area contributed by atoms with Gasteiger partial charge in [-0.2, -0.15) is 0 Å². The van der Waals surface area contributed by atoms with E-state index >= 15 is 0 Å². The molecular formula is C13H25N3O. The Kier molecular flexibility index (Phi) is 4.40. The predicted octanol–water partition coefficient (Wildman–Crippen LogP) is 0.681. The van der Waals surface area contributed by atoms with Crippen molar-refractivity contribution in [2.24, 2.45) is 0 Å². The van der Waals surface area contributed by atoms with Crippen LogP contribution in [0, 0.1) is 0 Å². The van der Waals surface area contributed by atoms with E-state index in [2.05, 4.69) is 22.2 Å². The Morgan fingerprint density at radius 1 is 1.18 bits per heavy atom. The first-order valence-corrected chi connectivity index (χ1v) is 6.86. The van der Waals surface area contributed by atoms with Crippen molar-refractivity contribution in [1.82, 2.24) is 15.1 Å². The van der Waals surface area contributed by atoms with E-state index in [1.807, 2.05) is 7.05 Å². The molecule has 0 aliphatic carbocycles. The quantitative estimate of drug-likeness (QED) is 0.784. The topological polar surface area (TPSA) is 35.6 Å². The van der Waals surface area contributed by atoms with Crippen LogP contribution in [0.1, 0.15) is 32.1 Å². The van der Waals surface area contributed by atoms with Crippen molar-refractivity contribution in [2.75, 3.05) is 33.7 Å². The van der Waals surface area contributed by atoms with Crippen molar-refractivity contribution >= 4 is 5.91 Å². The summed E-state index contributed by atoms with van der Waals surface area (Å²) in [5.74, 6) is 0.227. The van der Waals surface area contributed by atoms with Gasteiger partial charge in [0.15, 0.2) is 0 Å². The van der Waals surface area contributed by atoms with Crippen molar-refractivity contribution in [3.05, 3.63) is 0 Å². The van der Waals surface area contributed by atoms with Crippen LogP contribution in [0.15, 0.2) is 0 Å². The SMILES string of the molecule is CN1CCCC1CCNC(=O)[C@H]1CCCN1C. The molecule has 4 heteroatoms. The van der Waals surface area contributed by atoms with Crippen LogP contribution in [-0.4, -0.2) is 61.5 Å². The van der Waals surface area contributed by atoms with Gasteiger partial charge in [-0.15, -0.1) is 0 Å². The molecule has 4 nitrogen and oxygen atoms in total. The highest BCUT2D eigenvalue weighted by molar-refractivity contribution is 5.81. The molecule has 17 heavy (non-hydrogen) atoms. The van der Waals surface area contributed by atoms with Gasteiger partial charge in [0.05, 0.1) is 6.04 Å². The predicted molar refractivity (Wildman–Crippen MR) is 68.9 cm³/mol. The van der Waals surface area contributed by atoms with Crippen molar-refractivity contribution < 1.29 is 4.79 Å². The van der Waals surface area contributed by atoms with Gasteiger partial charge in [0.2, 0.25) is 5.91 Å². The third-order valence-corrected chi connectivity index (χ3v) is 4.27. The summed E-state index contributed by atoms with van der Waals surface area (Å²) in [6.07, 6.45) is 5.86. The van der Waals surface area contributed by atoms with Crippen LogP contribution in [0.4, 0.5) is 0 Å². The minimum Gasteiger partial charge on any atom is -0.355 e. The van der Waals surface area contributed by atoms with Gasteiger partial charge in [0, 0.05) is 12.6 Å². The number of likely N-dealkylation sites (tertiary alicyclic amines) is 2. The molecule has 2 atom stereocenters. The first-order valence-electron chi connectivity index (χ1n) is 6.86. The molecule has 0 saturated carbocycles. The Hall–Kier alpha value is -0.610. The molecule has 1 amide bonds. The Morgan fingerprint density at radius 2 is 1.88 bits per heavy atom. The third-order valence-electron chi connectivity index (χ3n) is 4.27. The number of rotatable bonds is 4. The highest BCUT2D eigenvalue weighted by Gasteiger charge is 2.27. The maximum atomic E-state index is 11.9. The lowest BCUT2D eigenvalue weighted by atomic mass is 10.1. The van der Waals surface area contributed by atoms with E-state index in [0.717, 1.165) is 32.4 Å². The molecule has 2 aliphatic rings. The van der Waals surface area contributed by atoms with Gasteiger partial charge in [-0.25, -0.2) is 0 Å². The molecule has 0 aromatic heterocycles. The van der Waals surface area contributed by atoms with Gasteiger partial charge in [-0.3, -0.25) is 9.69 Å². The van der Waals surface area contributed by atoms with Gasteiger partial charge < -0.3 is 10.2 Å². The van der Waals surface area contributed by atoms with Crippen molar-refractivity contribution in [1.29, 1.82) is 0 Å². The molecule has 0 bridgehead atoms. The second kappa shape index (κ2) is 5.83. The number of hydrogen-bond acceptors (Lipinski definition) is 3. The monoisotopic (exact) mass is 239 g/mol. The largest absolute Gasteiger partial charge is 0.355 e. The molecule has 0 aromatic rings. The van der Waals surface area contributed by atoms with E-state index in [9.17, 15) is 4.79 Å². The Labute approximate surface area is 104 Å². The van der Waals surface area contributed by atoms with Crippen LogP contribution >= 0.6 is 0 Å². The fraction of sp³-hybridized carbons (Fsp3) is 0.923. The normalized spacial score (nSPS) is 30.9. The lowest BCUT2D eigenvalue weighted by Crippen LogP contribution is -2.42. The summed E-state index contributed by atoms with van der Waals surface area (Å²) in [5.41, 5.74) is 0. The summed E-state index contributed by atoms with van der Waals surface area (Å²) < 4.78 is 0. The van der Waals surface area contributed by atoms with E-state index in [1.165, 1.54) is 19.4 Å². The van der Waals surface area contributed by atoms with Crippen LogP contribution in [0.25, 0.3) is 0 Å². The van der Waals surface area contributed by atoms with Gasteiger partial charge in [-0.05, 0) is 59.3 Å². The van der Waals surface area contributed by atoms with Crippen LogP contribution in [0.2, 0.25) is 0 Å². The van der Waals surface area contributed by atoms with E-state index in [1.54, 1.807) is 0 Å². The fourth-order valence-electron chi connectivity index (χ4n) is 3.07. The number of nitrogens with one attached hydrogen (secondary N) is 1. The Balaban J connectivity index is 1.66. The molecule has 2 aliphatic heterocycles. The smallest absolute Gasteiger partial charge is 0.237 e. The Bertz CT molecular complexity index is 269. The summed E-state index contributed by atoms with van der Waals surface area (Å²) in [6, 6.07) is 0.799. The molecule has 2 rings (SSSR count). The second-order valence-electron chi connectivity index (χ2n) is 5.49. The van der Waals surface area contributed by atoms with E-state index in [4.69, 9.17) is 0 Å². The number of nitrogens with zero attached hydrogens (tertiary/aromatic N) is 2. The van der Waals surface area contributed by atoms with E-state index < -0.39 is 0 Å². The lowest BCUT2D eigenvalue weighted by Gasteiger charge is -2.21. The van der Waals surface area contributed by atoms with Crippen molar-refractivity contribution in [2.45, 2.75) is 44.2 Å². The van der Waals surface area contributed by atoms with Crippen LogP contribution in [0.3, 0.4) is 0 Å². The molecule has 1 unspecified atom stereocenters. The maximum absolute atomic E-state index is 11.9. The molecular weight excluding hydrogens is 214 g/mol. The summed E-state index contributed by atoms with van der Waals surface area (Å²) >= 11 is 0. The zero-order valence-electron chi connectivity index (χ0n) is 11.1. The number of hydrogen-bond donors (Lipinski definition) is 1. The van der Waals surface area contributed by atoms with Gasteiger partial charge in [-0.1, -0.05) is 0 Å². The van der Waals surface area contributed by atoms with Gasteiger partial charge in [0.1, 0.15) is 0 Å². The summed E-state index contributed by atoms with van der Waals surface area (Å²) in [6.45, 7) is 3.10. The van der Waals surface area contributed by atoms with Gasteiger partial charge in [0.25, 0.3) is 0 Å². The maximum Gasteiger partial charge on any atom is 0.237 e. The number of amides is 1. The zero-order valence-corrected chi connectivity index (χ0v) is 11.1. The number of carbonyl (C=O) groups excluding carboxylic acids is 1. The number of carbonyl (C=O) groups is 1. The zero-order chi connectivity index (χ0) is 12.3. The molecule has 98 valence electrons. The highest BCUT2D eigenvalue weighted by Crippen LogP contribution is 2.17. The third kappa shape index (κ3) is 3.19. The van der Waals surface area contributed by atoms with Crippen LogP contribution in [0.5, 0.6) is 0 Å². The van der Waals surface area contributed by atoms with Crippen LogP contribution in [-0.2, 0) is 4.79 Å². The molecule has 0 aromatic carbocycles. The molecule has 2 heterocycles. The minimum atomic E-state index is 0.122. The molecule has 1 N–H and O–H groups in total. The minimum absolute atomic E-state index is 0.122. The molecule has 2 saturated heterocycles. The second-order valence-corrected chi connectivity index (χ2v) is 5.49. The fourth-order valence-corrected chi connectivity index (χ4v) is 3.07. The average Bonchev–Trinajstić information content (AvgIpc) is 2.88. The standard InChI is InChI=1S/C13H25N3O/c1-15-9-3-5-11(15)7-8-14-13(17)12-6-4-10-16(12)2/h11-12H,3-10H2,1-2H3,(H,14,17)/t11?,12-/m1/s1. The van der Waals surface area contributed by atoms with Crippen molar-refractivity contribution in [3.8, 4) is 0 Å². The molecule has 0 spiro atoms. The average molecular weight is 239 g/mol. The summed E-state index contributed by atoms with van der Waals surface area (Å²) in [4.78, 5) is 16.5. The first kappa shape index (κ1) is 12.8.